The molecule has 0 saturated carbocycles. The lowest BCUT2D eigenvalue weighted by Gasteiger charge is -2.38. The summed E-state index contributed by atoms with van der Waals surface area (Å²) in [7, 11) is 0. The molecule has 0 unspecified atom stereocenters. The molecule has 3 nitrogen and oxygen atoms in total. The molecule has 27 heavy (non-hydrogen) atoms. The van der Waals surface area contributed by atoms with Crippen molar-refractivity contribution in [2.45, 2.75) is 25.6 Å². The van der Waals surface area contributed by atoms with Crippen molar-refractivity contribution in [2.75, 3.05) is 0 Å². The van der Waals surface area contributed by atoms with Crippen molar-refractivity contribution in [3.63, 3.8) is 0 Å². The zero-order valence-electron chi connectivity index (χ0n) is 15.0. The van der Waals surface area contributed by atoms with Gasteiger partial charge in [0, 0.05) is 22.6 Å². The summed E-state index contributed by atoms with van der Waals surface area (Å²) >= 11 is 6.24. The minimum Gasteiger partial charge on any atom is -0.464 e. The molecule has 3 aromatic carbocycles. The van der Waals surface area contributed by atoms with E-state index in [4.69, 9.17) is 21.4 Å². The van der Waals surface area contributed by atoms with E-state index in [9.17, 15) is 0 Å². The van der Waals surface area contributed by atoms with E-state index in [1.807, 2.05) is 36.4 Å². The van der Waals surface area contributed by atoms with E-state index >= 15 is 0 Å². The molecule has 3 aromatic rings. The molecule has 0 radical (unpaired) electrons. The fourth-order valence-corrected chi connectivity index (χ4v) is 4.03. The Labute approximate surface area is 163 Å². The lowest BCUT2D eigenvalue weighted by molar-refractivity contribution is -0.0190. The van der Waals surface area contributed by atoms with Gasteiger partial charge in [0.2, 0.25) is 6.23 Å². The number of nitrogens with zero attached hydrogens (tertiary/aromatic N) is 2. The first-order chi connectivity index (χ1) is 13.2. The first-order valence-corrected chi connectivity index (χ1v) is 9.51. The number of halogens is 1. The van der Waals surface area contributed by atoms with E-state index in [0.29, 0.717) is 5.02 Å². The van der Waals surface area contributed by atoms with Crippen molar-refractivity contribution in [1.82, 2.24) is 5.01 Å². The van der Waals surface area contributed by atoms with Crippen molar-refractivity contribution in [2.24, 2.45) is 5.10 Å². The van der Waals surface area contributed by atoms with Crippen LogP contribution in [0.3, 0.4) is 0 Å². The fourth-order valence-electron chi connectivity index (χ4n) is 3.83. The third kappa shape index (κ3) is 2.88. The number of rotatable bonds is 2. The van der Waals surface area contributed by atoms with Gasteiger partial charge in [0.25, 0.3) is 0 Å². The Bertz CT molecular complexity index is 1030. The molecule has 134 valence electrons. The van der Waals surface area contributed by atoms with Crippen LogP contribution in [0, 0.1) is 6.92 Å². The van der Waals surface area contributed by atoms with Gasteiger partial charge >= 0.3 is 0 Å². The molecule has 5 rings (SSSR count). The molecule has 0 fully saturated rings. The zero-order chi connectivity index (χ0) is 18.4. The highest BCUT2D eigenvalue weighted by molar-refractivity contribution is 6.30. The molecule has 2 aliphatic heterocycles. The predicted octanol–water partition coefficient (Wildman–Crippen LogP) is 5.89. The normalized spacial score (nSPS) is 20.5. The molecule has 0 spiro atoms. The summed E-state index contributed by atoms with van der Waals surface area (Å²) in [6.45, 7) is 2.10. The maximum absolute atomic E-state index is 6.35. The second-order valence-corrected chi connectivity index (χ2v) is 7.51. The Morgan fingerprint density at radius 2 is 1.81 bits per heavy atom. The molecule has 2 heterocycles. The average Bonchev–Trinajstić information content (AvgIpc) is 3.13. The smallest absolute Gasteiger partial charge is 0.213 e. The number of hydrogen-bond acceptors (Lipinski definition) is 3. The molecular weight excluding hydrogens is 356 g/mol. The molecule has 4 heteroatoms. The summed E-state index contributed by atoms with van der Waals surface area (Å²) in [6.07, 6.45) is 0.576. The monoisotopic (exact) mass is 374 g/mol. The minimum absolute atomic E-state index is 0.162. The van der Waals surface area contributed by atoms with Crippen LogP contribution in [0.2, 0.25) is 5.02 Å². The van der Waals surface area contributed by atoms with Gasteiger partial charge in [-0.25, -0.2) is 5.01 Å². The third-order valence-electron chi connectivity index (χ3n) is 5.22. The highest BCUT2D eigenvalue weighted by Crippen LogP contribution is 2.47. The molecular formula is C23H19ClN2O. The number of fused-ring (bicyclic) bond motifs is 3. The van der Waals surface area contributed by atoms with Gasteiger partial charge in [-0.2, -0.15) is 5.10 Å². The van der Waals surface area contributed by atoms with Gasteiger partial charge in [0.1, 0.15) is 5.75 Å². The van der Waals surface area contributed by atoms with Crippen LogP contribution in [0.4, 0.5) is 0 Å². The van der Waals surface area contributed by atoms with Crippen LogP contribution in [0.5, 0.6) is 5.75 Å². The van der Waals surface area contributed by atoms with Crippen LogP contribution in [0.25, 0.3) is 0 Å². The topological polar surface area (TPSA) is 24.8 Å². The number of hydrazone groups is 1. The maximum atomic E-state index is 6.35. The van der Waals surface area contributed by atoms with Gasteiger partial charge in [0.05, 0.1) is 11.8 Å². The van der Waals surface area contributed by atoms with Gasteiger partial charge in [-0.05, 0) is 30.7 Å². The van der Waals surface area contributed by atoms with Crippen molar-refractivity contribution >= 4 is 17.3 Å². The van der Waals surface area contributed by atoms with Gasteiger partial charge in [-0.3, -0.25) is 0 Å². The van der Waals surface area contributed by atoms with Crippen LogP contribution in [-0.2, 0) is 0 Å². The van der Waals surface area contributed by atoms with Gasteiger partial charge in [-0.1, -0.05) is 71.8 Å². The standard InChI is InChI=1S/C23H19ClN2O/c1-15-9-11-16(12-10-15)20-14-21-19-7-2-3-8-22(19)27-23(26(21)25-20)17-5-4-6-18(24)13-17/h2-13,21,23H,14H2,1H3/t21-,23+/m0/s1. The van der Waals surface area contributed by atoms with E-state index in [1.54, 1.807) is 0 Å². The van der Waals surface area contributed by atoms with Crippen LogP contribution in [-0.4, -0.2) is 10.7 Å². The lowest BCUT2D eigenvalue weighted by Crippen LogP contribution is -2.33. The third-order valence-corrected chi connectivity index (χ3v) is 5.45. The SMILES string of the molecule is Cc1ccc(C2=NN3[C@@H](c4cccc(Cl)c4)Oc4ccccc4[C@@H]3C2)cc1. The Hall–Kier alpha value is -2.78. The van der Waals surface area contributed by atoms with Gasteiger partial charge < -0.3 is 4.74 Å². The highest BCUT2D eigenvalue weighted by Gasteiger charge is 2.40. The lowest BCUT2D eigenvalue weighted by atomic mass is 9.95. The summed E-state index contributed by atoms with van der Waals surface area (Å²) in [5.41, 5.74) is 5.70. The number of benzene rings is 3. The maximum Gasteiger partial charge on any atom is 0.213 e. The van der Waals surface area contributed by atoms with Crippen LogP contribution >= 0.6 is 11.6 Å². The summed E-state index contributed by atoms with van der Waals surface area (Å²) in [4.78, 5) is 0. The van der Waals surface area contributed by atoms with Crippen molar-refractivity contribution in [3.8, 4) is 5.75 Å². The largest absolute Gasteiger partial charge is 0.464 e. The number of para-hydroxylation sites is 1. The minimum atomic E-state index is -0.286. The first kappa shape index (κ1) is 16.4. The van der Waals surface area contributed by atoms with Crippen molar-refractivity contribution < 1.29 is 4.74 Å². The number of aryl methyl sites for hydroxylation is 1. The second-order valence-electron chi connectivity index (χ2n) is 7.08. The molecule has 0 amide bonds. The van der Waals surface area contributed by atoms with Gasteiger partial charge in [-0.15, -0.1) is 0 Å². The zero-order valence-corrected chi connectivity index (χ0v) is 15.7. The first-order valence-electron chi connectivity index (χ1n) is 9.13. The Balaban J connectivity index is 1.60. The van der Waals surface area contributed by atoms with E-state index in [1.165, 1.54) is 11.1 Å². The summed E-state index contributed by atoms with van der Waals surface area (Å²) < 4.78 is 6.35. The summed E-state index contributed by atoms with van der Waals surface area (Å²) in [5.74, 6) is 0.920. The number of hydrogen-bond donors (Lipinski definition) is 0. The molecule has 2 aliphatic rings. The average molecular weight is 375 g/mol. The molecule has 0 aromatic heterocycles. The van der Waals surface area contributed by atoms with Crippen LogP contribution in [0.1, 0.15) is 40.9 Å². The van der Waals surface area contributed by atoms with E-state index < -0.39 is 0 Å². The van der Waals surface area contributed by atoms with Crippen LogP contribution < -0.4 is 4.74 Å². The van der Waals surface area contributed by atoms with Gasteiger partial charge in [0.15, 0.2) is 0 Å². The summed E-state index contributed by atoms with van der Waals surface area (Å²) in [5, 5.41) is 7.77. The van der Waals surface area contributed by atoms with E-state index in [-0.39, 0.29) is 12.3 Å². The van der Waals surface area contributed by atoms with E-state index in [0.717, 1.165) is 29.0 Å². The quantitative estimate of drug-likeness (QED) is 0.558. The molecule has 0 N–H and O–H groups in total. The van der Waals surface area contributed by atoms with Crippen molar-refractivity contribution in [3.05, 3.63) is 100 Å². The fraction of sp³-hybridized carbons (Fsp3) is 0.174. The molecule has 0 saturated heterocycles. The van der Waals surface area contributed by atoms with E-state index in [2.05, 4.69) is 48.3 Å². The van der Waals surface area contributed by atoms with Crippen LogP contribution in [0.15, 0.2) is 77.9 Å². The molecule has 2 atom stereocenters. The Kier molecular flexibility index (Phi) is 3.91. The predicted molar refractivity (Wildman–Crippen MR) is 108 cm³/mol. The van der Waals surface area contributed by atoms with Crippen molar-refractivity contribution in [1.29, 1.82) is 0 Å². The summed E-state index contributed by atoms with van der Waals surface area (Å²) in [6, 6.07) is 24.8. The highest BCUT2D eigenvalue weighted by atomic mass is 35.5. The number of ether oxygens (including phenoxy) is 1. The second kappa shape index (κ2) is 6.43. The molecule has 0 aliphatic carbocycles. The Morgan fingerprint density at radius 1 is 1.00 bits per heavy atom. The molecule has 0 bridgehead atoms. The Morgan fingerprint density at radius 3 is 2.63 bits per heavy atom.